The lowest BCUT2D eigenvalue weighted by atomic mass is 10.2. The van der Waals surface area contributed by atoms with Crippen LogP contribution in [0.1, 0.15) is 16.1 Å². The lowest BCUT2D eigenvalue weighted by molar-refractivity contribution is 0.0779. The molecule has 0 radical (unpaired) electrons. The average molecular weight is 308 g/mol. The quantitative estimate of drug-likeness (QED) is 0.800. The van der Waals surface area contributed by atoms with Crippen molar-refractivity contribution in [1.29, 1.82) is 0 Å². The van der Waals surface area contributed by atoms with Gasteiger partial charge in [-0.3, -0.25) is 4.79 Å². The van der Waals surface area contributed by atoms with Crippen LogP contribution in [0.5, 0.6) is 0 Å². The molecule has 2 N–H and O–H groups in total. The van der Waals surface area contributed by atoms with E-state index in [1.165, 1.54) is 6.26 Å². The number of furan rings is 1. The van der Waals surface area contributed by atoms with E-state index in [4.69, 9.17) is 10.2 Å². The van der Waals surface area contributed by atoms with Gasteiger partial charge in [0.2, 0.25) is 5.95 Å². The molecule has 3 aromatic rings. The minimum atomic E-state index is -0.226. The Labute approximate surface area is 133 Å². The monoisotopic (exact) mass is 308 g/mol. The summed E-state index contributed by atoms with van der Waals surface area (Å²) in [7, 11) is 1.72. The van der Waals surface area contributed by atoms with Gasteiger partial charge in [0.25, 0.3) is 5.91 Å². The number of carbonyl (C=O) groups is 1. The van der Waals surface area contributed by atoms with Gasteiger partial charge in [-0.1, -0.05) is 30.3 Å². The summed E-state index contributed by atoms with van der Waals surface area (Å²) in [6, 6.07) is 14.8. The van der Waals surface area contributed by atoms with Gasteiger partial charge in [0.15, 0.2) is 5.76 Å². The van der Waals surface area contributed by atoms with E-state index in [1.807, 2.05) is 30.3 Å². The Balaban J connectivity index is 1.84. The second-order valence-corrected chi connectivity index (χ2v) is 5.12. The maximum absolute atomic E-state index is 12.6. The summed E-state index contributed by atoms with van der Waals surface area (Å²) in [5, 5.41) is 0. The van der Waals surface area contributed by atoms with Crippen LogP contribution in [0.25, 0.3) is 11.5 Å². The smallest absolute Gasteiger partial charge is 0.272 e. The number of nitrogen functional groups attached to an aromatic ring is 1. The number of carbonyl (C=O) groups excluding carboxylic acids is 1. The van der Waals surface area contributed by atoms with E-state index in [-0.39, 0.29) is 17.5 Å². The van der Waals surface area contributed by atoms with E-state index < -0.39 is 0 Å². The summed E-state index contributed by atoms with van der Waals surface area (Å²) in [6.07, 6.45) is 1.54. The second kappa shape index (κ2) is 6.31. The van der Waals surface area contributed by atoms with Crippen LogP contribution in [0.4, 0.5) is 5.95 Å². The molecule has 2 aromatic heterocycles. The van der Waals surface area contributed by atoms with Crippen LogP contribution in [0.2, 0.25) is 0 Å². The number of nitrogens with zero attached hydrogens (tertiary/aromatic N) is 3. The summed E-state index contributed by atoms with van der Waals surface area (Å²) >= 11 is 0. The minimum Gasteiger partial charge on any atom is -0.463 e. The van der Waals surface area contributed by atoms with Crippen molar-refractivity contribution < 1.29 is 9.21 Å². The third-order valence-corrected chi connectivity index (χ3v) is 3.35. The highest BCUT2D eigenvalue weighted by atomic mass is 16.3. The van der Waals surface area contributed by atoms with Crippen LogP contribution in [0.15, 0.2) is 59.2 Å². The summed E-state index contributed by atoms with van der Waals surface area (Å²) in [6.45, 7) is 0.486. The normalized spacial score (nSPS) is 10.5. The van der Waals surface area contributed by atoms with Gasteiger partial charge >= 0.3 is 0 Å². The number of rotatable bonds is 4. The highest BCUT2D eigenvalue weighted by molar-refractivity contribution is 5.93. The minimum absolute atomic E-state index is 0.0374. The number of benzene rings is 1. The maximum Gasteiger partial charge on any atom is 0.272 e. The van der Waals surface area contributed by atoms with Crippen molar-refractivity contribution >= 4 is 11.9 Å². The fourth-order valence-corrected chi connectivity index (χ4v) is 2.25. The molecule has 0 aliphatic rings. The molecule has 0 aliphatic heterocycles. The lowest BCUT2D eigenvalue weighted by Crippen LogP contribution is -2.27. The van der Waals surface area contributed by atoms with Gasteiger partial charge in [0, 0.05) is 13.6 Å². The molecular weight excluding hydrogens is 292 g/mol. The van der Waals surface area contributed by atoms with Gasteiger partial charge in [-0.05, 0) is 23.8 Å². The van der Waals surface area contributed by atoms with Gasteiger partial charge in [0.1, 0.15) is 11.4 Å². The molecule has 116 valence electrons. The molecule has 0 saturated carbocycles. The molecule has 1 aromatic carbocycles. The van der Waals surface area contributed by atoms with Gasteiger partial charge in [0.05, 0.1) is 6.26 Å². The van der Waals surface area contributed by atoms with Crippen LogP contribution < -0.4 is 5.73 Å². The first-order valence-corrected chi connectivity index (χ1v) is 7.11. The molecule has 3 rings (SSSR count). The Morgan fingerprint density at radius 1 is 1.17 bits per heavy atom. The van der Waals surface area contributed by atoms with Crippen molar-refractivity contribution in [3.05, 3.63) is 66.1 Å². The molecule has 0 spiro atoms. The number of nitrogens with two attached hydrogens (primary N) is 1. The number of anilines is 1. The first-order chi connectivity index (χ1) is 11.1. The van der Waals surface area contributed by atoms with Crippen molar-refractivity contribution in [1.82, 2.24) is 14.9 Å². The first-order valence-electron chi connectivity index (χ1n) is 7.11. The highest BCUT2D eigenvalue weighted by Crippen LogP contribution is 2.19. The molecular formula is C17H16N4O2. The maximum atomic E-state index is 12.6. The number of amides is 1. The van der Waals surface area contributed by atoms with E-state index in [0.717, 1.165) is 5.56 Å². The topological polar surface area (TPSA) is 85.2 Å². The lowest BCUT2D eigenvalue weighted by Gasteiger charge is -2.17. The van der Waals surface area contributed by atoms with E-state index in [0.29, 0.717) is 18.0 Å². The first kappa shape index (κ1) is 14.8. The highest BCUT2D eigenvalue weighted by Gasteiger charge is 2.17. The summed E-state index contributed by atoms with van der Waals surface area (Å²) in [4.78, 5) is 22.3. The Morgan fingerprint density at radius 3 is 2.65 bits per heavy atom. The Morgan fingerprint density at radius 2 is 1.96 bits per heavy atom. The molecule has 1 amide bonds. The predicted octanol–water partition coefficient (Wildman–Crippen LogP) is 2.59. The Kier molecular flexibility index (Phi) is 4.05. The van der Waals surface area contributed by atoms with Crippen molar-refractivity contribution in [2.45, 2.75) is 6.54 Å². The molecule has 2 heterocycles. The van der Waals surface area contributed by atoms with Gasteiger partial charge < -0.3 is 15.1 Å². The zero-order chi connectivity index (χ0) is 16.2. The zero-order valence-corrected chi connectivity index (χ0v) is 12.6. The predicted molar refractivity (Wildman–Crippen MR) is 86.4 cm³/mol. The molecule has 0 atom stereocenters. The Hall–Kier alpha value is -3.15. The van der Waals surface area contributed by atoms with Crippen molar-refractivity contribution in [2.24, 2.45) is 0 Å². The fraction of sp³-hybridized carbons (Fsp3) is 0.118. The molecule has 23 heavy (non-hydrogen) atoms. The van der Waals surface area contributed by atoms with Crippen molar-refractivity contribution in [2.75, 3.05) is 12.8 Å². The Bertz CT molecular complexity index is 801. The van der Waals surface area contributed by atoms with Crippen LogP contribution in [0.3, 0.4) is 0 Å². The molecule has 0 unspecified atom stereocenters. The van der Waals surface area contributed by atoms with Crippen LogP contribution in [-0.2, 0) is 6.54 Å². The van der Waals surface area contributed by atoms with Gasteiger partial charge in [-0.25, -0.2) is 9.97 Å². The summed E-state index contributed by atoms with van der Waals surface area (Å²) < 4.78 is 5.29. The fourth-order valence-electron chi connectivity index (χ4n) is 2.25. The van der Waals surface area contributed by atoms with Gasteiger partial charge in [-0.2, -0.15) is 0 Å². The van der Waals surface area contributed by atoms with Crippen LogP contribution >= 0.6 is 0 Å². The second-order valence-electron chi connectivity index (χ2n) is 5.12. The summed E-state index contributed by atoms with van der Waals surface area (Å²) in [5.74, 6) is 0.352. The zero-order valence-electron chi connectivity index (χ0n) is 12.6. The van der Waals surface area contributed by atoms with E-state index in [9.17, 15) is 4.79 Å². The number of aromatic nitrogens is 2. The van der Waals surface area contributed by atoms with E-state index >= 15 is 0 Å². The number of hydrogen-bond acceptors (Lipinski definition) is 5. The third-order valence-electron chi connectivity index (χ3n) is 3.35. The third kappa shape index (κ3) is 3.37. The van der Waals surface area contributed by atoms with Crippen LogP contribution in [-0.4, -0.2) is 27.8 Å². The van der Waals surface area contributed by atoms with Gasteiger partial charge in [-0.15, -0.1) is 0 Å². The molecule has 0 aliphatic carbocycles. The van der Waals surface area contributed by atoms with Crippen molar-refractivity contribution in [3.63, 3.8) is 0 Å². The van der Waals surface area contributed by atoms with Crippen LogP contribution in [0, 0.1) is 0 Å². The average Bonchev–Trinajstić information content (AvgIpc) is 3.09. The van der Waals surface area contributed by atoms with E-state index in [1.54, 1.807) is 30.1 Å². The molecule has 0 bridgehead atoms. The summed E-state index contributed by atoms with van der Waals surface area (Å²) in [5.41, 5.74) is 7.48. The standard InChI is InChI=1S/C17H16N4O2/c1-21(11-12-6-3-2-4-7-12)16(22)14-10-13(19-17(18)20-14)15-8-5-9-23-15/h2-10H,11H2,1H3,(H2,18,19,20). The number of hydrogen-bond donors (Lipinski definition) is 1. The molecule has 6 heteroatoms. The molecule has 0 fully saturated rings. The SMILES string of the molecule is CN(Cc1ccccc1)C(=O)c1cc(-c2ccco2)nc(N)n1. The van der Waals surface area contributed by atoms with Crippen molar-refractivity contribution in [3.8, 4) is 11.5 Å². The van der Waals surface area contributed by atoms with E-state index in [2.05, 4.69) is 9.97 Å². The molecule has 6 nitrogen and oxygen atoms in total. The largest absolute Gasteiger partial charge is 0.463 e. The molecule has 0 saturated heterocycles.